The van der Waals surface area contributed by atoms with Crippen LogP contribution in [0.3, 0.4) is 0 Å². The molecule has 0 saturated carbocycles. The van der Waals surface area contributed by atoms with E-state index in [1.807, 2.05) is 11.3 Å². The minimum Gasteiger partial charge on any atom is -0.311 e. The van der Waals surface area contributed by atoms with E-state index >= 15 is 0 Å². The topological polar surface area (TPSA) is 15.3 Å². The zero-order chi connectivity index (χ0) is 14.5. The third kappa shape index (κ3) is 4.31. The predicted octanol–water partition coefficient (Wildman–Crippen LogP) is 3.78. The van der Waals surface area contributed by atoms with Gasteiger partial charge >= 0.3 is 0 Å². The van der Waals surface area contributed by atoms with Crippen LogP contribution in [0.25, 0.3) is 0 Å². The number of nitrogens with one attached hydrogen (secondary N) is 1. The Morgan fingerprint density at radius 3 is 2.80 bits per heavy atom. The predicted molar refractivity (Wildman–Crippen MR) is 89.5 cm³/mol. The minimum absolute atomic E-state index is 0.648. The van der Waals surface area contributed by atoms with Crippen LogP contribution >= 0.6 is 11.3 Å². The van der Waals surface area contributed by atoms with Crippen molar-refractivity contribution in [3.05, 3.63) is 22.4 Å². The largest absolute Gasteiger partial charge is 0.311 e. The summed E-state index contributed by atoms with van der Waals surface area (Å²) in [6, 6.07) is 6.46. The van der Waals surface area contributed by atoms with E-state index in [9.17, 15) is 0 Å². The maximum Gasteiger partial charge on any atom is 0.0221 e. The van der Waals surface area contributed by atoms with Crippen LogP contribution in [-0.4, -0.2) is 36.1 Å². The Kier molecular flexibility index (Phi) is 6.06. The van der Waals surface area contributed by atoms with Crippen LogP contribution in [0.5, 0.6) is 0 Å². The Morgan fingerprint density at radius 1 is 1.40 bits per heavy atom. The van der Waals surface area contributed by atoms with Gasteiger partial charge < -0.3 is 5.32 Å². The van der Waals surface area contributed by atoms with Gasteiger partial charge in [0.1, 0.15) is 0 Å². The van der Waals surface area contributed by atoms with Crippen LogP contribution in [0.2, 0.25) is 0 Å². The molecule has 1 N–H and O–H groups in total. The Labute approximate surface area is 128 Å². The fourth-order valence-corrected chi connectivity index (χ4v) is 4.20. The molecule has 1 aromatic rings. The van der Waals surface area contributed by atoms with Crippen molar-refractivity contribution in [3.63, 3.8) is 0 Å². The van der Waals surface area contributed by atoms with Gasteiger partial charge in [0.2, 0.25) is 0 Å². The summed E-state index contributed by atoms with van der Waals surface area (Å²) in [6.07, 6.45) is 3.73. The smallest absolute Gasteiger partial charge is 0.0221 e. The summed E-state index contributed by atoms with van der Waals surface area (Å²) >= 11 is 1.89. The average Bonchev–Trinajstić information content (AvgIpc) is 2.90. The number of hydrogen-bond acceptors (Lipinski definition) is 3. The molecular formula is C17H30N2S. The van der Waals surface area contributed by atoms with Crippen LogP contribution in [0.15, 0.2) is 17.5 Å². The van der Waals surface area contributed by atoms with Crippen LogP contribution in [0, 0.1) is 5.92 Å². The Balaban J connectivity index is 1.96. The van der Waals surface area contributed by atoms with E-state index in [0.717, 1.165) is 12.5 Å². The summed E-state index contributed by atoms with van der Waals surface area (Å²) in [6.45, 7) is 11.7. The van der Waals surface area contributed by atoms with Gasteiger partial charge in [0.15, 0.2) is 0 Å². The van der Waals surface area contributed by atoms with E-state index < -0.39 is 0 Å². The van der Waals surface area contributed by atoms with Crippen molar-refractivity contribution in [2.45, 2.75) is 65.1 Å². The van der Waals surface area contributed by atoms with Crippen LogP contribution < -0.4 is 5.32 Å². The van der Waals surface area contributed by atoms with Gasteiger partial charge in [0.05, 0.1) is 0 Å². The Hall–Kier alpha value is -0.380. The first-order valence-corrected chi connectivity index (χ1v) is 8.99. The Bertz CT molecular complexity index is 374. The zero-order valence-electron chi connectivity index (χ0n) is 13.4. The lowest BCUT2D eigenvalue weighted by atomic mass is 9.97. The van der Waals surface area contributed by atoms with E-state index in [2.05, 4.69) is 55.4 Å². The number of hydrogen-bond donors (Lipinski definition) is 1. The monoisotopic (exact) mass is 294 g/mol. The maximum absolute atomic E-state index is 3.76. The first-order valence-electron chi connectivity index (χ1n) is 8.11. The molecule has 0 bridgehead atoms. The lowest BCUT2D eigenvalue weighted by molar-refractivity contribution is 0.0808. The van der Waals surface area contributed by atoms with Gasteiger partial charge in [0.25, 0.3) is 0 Å². The van der Waals surface area contributed by atoms with Crippen molar-refractivity contribution in [3.8, 4) is 0 Å². The number of rotatable bonds is 6. The molecule has 20 heavy (non-hydrogen) atoms. The second-order valence-corrected chi connectivity index (χ2v) is 7.66. The van der Waals surface area contributed by atoms with E-state index in [0.29, 0.717) is 18.1 Å². The summed E-state index contributed by atoms with van der Waals surface area (Å²) in [4.78, 5) is 4.27. The maximum atomic E-state index is 3.76. The second kappa shape index (κ2) is 7.58. The number of piperazine rings is 1. The highest BCUT2D eigenvalue weighted by Gasteiger charge is 2.30. The number of thiophene rings is 1. The van der Waals surface area contributed by atoms with Gasteiger partial charge in [-0.2, -0.15) is 0 Å². The molecular weight excluding hydrogens is 264 g/mol. The van der Waals surface area contributed by atoms with Crippen molar-refractivity contribution in [2.75, 3.05) is 13.1 Å². The summed E-state index contributed by atoms with van der Waals surface area (Å²) in [5.41, 5.74) is 0. The molecule has 2 nitrogen and oxygen atoms in total. The molecule has 0 radical (unpaired) electrons. The summed E-state index contributed by atoms with van der Waals surface area (Å²) in [5, 5.41) is 5.95. The van der Waals surface area contributed by atoms with E-state index in [-0.39, 0.29) is 0 Å². The highest BCUT2D eigenvalue weighted by atomic mass is 32.1. The highest BCUT2D eigenvalue weighted by molar-refractivity contribution is 7.09. The lowest BCUT2D eigenvalue weighted by Crippen LogP contribution is -2.59. The third-order valence-corrected chi connectivity index (χ3v) is 5.31. The van der Waals surface area contributed by atoms with E-state index in [1.165, 1.54) is 30.7 Å². The van der Waals surface area contributed by atoms with Crippen LogP contribution in [0.1, 0.15) is 45.4 Å². The van der Waals surface area contributed by atoms with Gasteiger partial charge in [-0.25, -0.2) is 0 Å². The molecule has 0 amide bonds. The molecule has 3 unspecified atom stereocenters. The molecule has 2 rings (SSSR count). The van der Waals surface area contributed by atoms with Gasteiger partial charge in [-0.15, -0.1) is 11.3 Å². The van der Waals surface area contributed by atoms with Crippen molar-refractivity contribution >= 4 is 11.3 Å². The third-order valence-electron chi connectivity index (χ3n) is 4.41. The summed E-state index contributed by atoms with van der Waals surface area (Å²) in [5.74, 6) is 0.778. The molecule has 1 saturated heterocycles. The SMILES string of the molecule is CCC1CNC(CC(C)C)CN1C(C)Cc1cccs1. The fraction of sp³-hybridized carbons (Fsp3) is 0.765. The molecule has 0 aliphatic carbocycles. The highest BCUT2D eigenvalue weighted by Crippen LogP contribution is 2.21. The molecule has 3 atom stereocenters. The van der Waals surface area contributed by atoms with Gasteiger partial charge in [-0.3, -0.25) is 4.90 Å². The average molecular weight is 295 g/mol. The van der Waals surface area contributed by atoms with E-state index in [1.54, 1.807) is 0 Å². The van der Waals surface area contributed by atoms with Crippen molar-refractivity contribution in [1.29, 1.82) is 0 Å². The number of nitrogens with zero attached hydrogens (tertiary/aromatic N) is 1. The van der Waals surface area contributed by atoms with Gasteiger partial charge in [-0.1, -0.05) is 26.8 Å². The van der Waals surface area contributed by atoms with Crippen molar-refractivity contribution in [2.24, 2.45) is 5.92 Å². The molecule has 0 aromatic carbocycles. The first-order chi connectivity index (χ1) is 9.60. The molecule has 1 aliphatic heterocycles. The molecule has 2 heterocycles. The first kappa shape index (κ1) is 16.0. The van der Waals surface area contributed by atoms with E-state index in [4.69, 9.17) is 0 Å². The lowest BCUT2D eigenvalue weighted by Gasteiger charge is -2.44. The quantitative estimate of drug-likeness (QED) is 0.859. The summed E-state index contributed by atoms with van der Waals surface area (Å²) in [7, 11) is 0. The Morgan fingerprint density at radius 2 is 2.20 bits per heavy atom. The minimum atomic E-state index is 0.648. The van der Waals surface area contributed by atoms with Crippen LogP contribution in [0.4, 0.5) is 0 Å². The molecule has 114 valence electrons. The van der Waals surface area contributed by atoms with Crippen molar-refractivity contribution in [1.82, 2.24) is 10.2 Å². The standard InChI is InChI=1S/C17H30N2S/c1-5-16-11-18-15(9-13(2)3)12-19(16)14(4)10-17-7-6-8-20-17/h6-8,13-16,18H,5,9-12H2,1-4H3. The van der Waals surface area contributed by atoms with Gasteiger partial charge in [-0.05, 0) is 43.6 Å². The second-order valence-electron chi connectivity index (χ2n) is 6.63. The summed E-state index contributed by atoms with van der Waals surface area (Å²) < 4.78 is 0. The van der Waals surface area contributed by atoms with Crippen LogP contribution in [-0.2, 0) is 6.42 Å². The zero-order valence-corrected chi connectivity index (χ0v) is 14.2. The molecule has 3 heteroatoms. The van der Waals surface area contributed by atoms with Crippen molar-refractivity contribution < 1.29 is 0 Å². The molecule has 0 spiro atoms. The molecule has 1 fully saturated rings. The molecule has 1 aromatic heterocycles. The molecule has 1 aliphatic rings. The fourth-order valence-electron chi connectivity index (χ4n) is 3.37. The van der Waals surface area contributed by atoms with Gasteiger partial charge in [0, 0.05) is 36.1 Å². The normalized spacial score (nSPS) is 26.1.